The molecular formula is C15H19ClN4OS. The lowest BCUT2D eigenvalue weighted by atomic mass is 9.77. The van der Waals surface area contributed by atoms with E-state index in [1.54, 1.807) is 6.26 Å². The Morgan fingerprint density at radius 2 is 2.23 bits per heavy atom. The maximum absolute atomic E-state index is 7.28. The minimum atomic E-state index is -0.158. The van der Waals surface area contributed by atoms with Crippen LogP contribution in [-0.2, 0) is 6.42 Å². The van der Waals surface area contributed by atoms with E-state index in [0.29, 0.717) is 5.92 Å². The van der Waals surface area contributed by atoms with Crippen LogP contribution in [0.4, 0.5) is 0 Å². The Hall–Kier alpha value is -1.79. The lowest BCUT2D eigenvalue weighted by Crippen LogP contribution is -2.32. The van der Waals surface area contributed by atoms with E-state index in [9.17, 15) is 0 Å². The first kappa shape index (κ1) is 16.6. The first-order chi connectivity index (χ1) is 10.1. The number of nitrogens with one attached hydrogen (secondary N) is 2. The number of aryl methyl sites for hydroxylation is 1. The molecule has 0 saturated carbocycles. The van der Waals surface area contributed by atoms with Gasteiger partial charge in [0.1, 0.15) is 5.76 Å². The molecular weight excluding hydrogens is 320 g/mol. The number of nitrogens with zero attached hydrogens (tertiary/aromatic N) is 1. The number of thiophene rings is 1. The number of nitrogens with two attached hydrogens (primary N) is 1. The molecule has 1 aliphatic carbocycles. The lowest BCUT2D eigenvalue weighted by Gasteiger charge is -2.28. The van der Waals surface area contributed by atoms with Crippen molar-refractivity contribution in [2.75, 3.05) is 0 Å². The average Bonchev–Trinajstić information content (AvgIpc) is 3.05. The van der Waals surface area contributed by atoms with Gasteiger partial charge in [0, 0.05) is 33.6 Å². The maximum atomic E-state index is 7.28. The molecule has 0 bridgehead atoms. The summed E-state index contributed by atoms with van der Waals surface area (Å²) in [7, 11) is 0. The van der Waals surface area contributed by atoms with Crippen LogP contribution in [0.1, 0.15) is 33.9 Å². The fourth-order valence-corrected chi connectivity index (χ4v) is 3.90. The van der Waals surface area contributed by atoms with E-state index in [0.717, 1.165) is 23.5 Å². The molecule has 0 radical (unpaired) electrons. The molecule has 3 rings (SSSR count). The fraction of sp³-hybridized carbons (Fsp3) is 0.333. The molecule has 2 heterocycles. The molecule has 0 spiro atoms. The average molecular weight is 339 g/mol. The molecule has 1 aliphatic rings. The zero-order chi connectivity index (χ0) is 15.0. The minimum Gasteiger partial charge on any atom is -0.469 e. The van der Waals surface area contributed by atoms with E-state index in [-0.39, 0.29) is 24.3 Å². The minimum absolute atomic E-state index is 0. The first-order valence-electron chi connectivity index (χ1n) is 6.87. The van der Waals surface area contributed by atoms with Crippen LogP contribution in [0.15, 0.2) is 34.0 Å². The zero-order valence-electron chi connectivity index (χ0n) is 12.4. The molecule has 0 saturated heterocycles. The van der Waals surface area contributed by atoms with Crippen molar-refractivity contribution in [1.29, 1.82) is 5.41 Å². The summed E-state index contributed by atoms with van der Waals surface area (Å²) in [5.74, 6) is 1.37. The van der Waals surface area contributed by atoms with E-state index < -0.39 is 0 Å². The highest BCUT2D eigenvalue weighted by atomic mass is 35.5. The molecule has 2 unspecified atom stereocenters. The molecule has 0 aliphatic heterocycles. The first-order valence-corrected chi connectivity index (χ1v) is 7.68. The van der Waals surface area contributed by atoms with Crippen molar-refractivity contribution in [2.24, 2.45) is 16.8 Å². The van der Waals surface area contributed by atoms with Gasteiger partial charge in [-0.15, -0.1) is 23.7 Å². The molecule has 2 atom stereocenters. The van der Waals surface area contributed by atoms with Gasteiger partial charge in [0.15, 0.2) is 0 Å². The van der Waals surface area contributed by atoms with Gasteiger partial charge in [-0.05, 0) is 25.1 Å². The van der Waals surface area contributed by atoms with Gasteiger partial charge in [-0.1, -0.05) is 6.92 Å². The van der Waals surface area contributed by atoms with Crippen LogP contribution in [0, 0.1) is 18.3 Å². The summed E-state index contributed by atoms with van der Waals surface area (Å²) in [6.45, 7) is 4.28. The SMILES string of the molecule is Cc1ccc(C2Cc3occc3/C(=N/NC(=N)N)C2C)s1.Cl. The van der Waals surface area contributed by atoms with Crippen LogP contribution in [0.5, 0.6) is 0 Å². The third-order valence-electron chi connectivity index (χ3n) is 3.88. The van der Waals surface area contributed by atoms with Crippen molar-refractivity contribution in [3.05, 3.63) is 45.5 Å². The predicted octanol–water partition coefficient (Wildman–Crippen LogP) is 3.23. The summed E-state index contributed by atoms with van der Waals surface area (Å²) in [6.07, 6.45) is 2.57. The van der Waals surface area contributed by atoms with Gasteiger partial charge in [-0.2, -0.15) is 5.10 Å². The van der Waals surface area contributed by atoms with Crippen molar-refractivity contribution in [2.45, 2.75) is 26.2 Å². The van der Waals surface area contributed by atoms with Crippen LogP contribution >= 0.6 is 23.7 Å². The van der Waals surface area contributed by atoms with E-state index in [1.807, 2.05) is 17.4 Å². The predicted molar refractivity (Wildman–Crippen MR) is 92.2 cm³/mol. The van der Waals surface area contributed by atoms with E-state index in [2.05, 4.69) is 36.5 Å². The van der Waals surface area contributed by atoms with Crippen LogP contribution in [0.25, 0.3) is 0 Å². The number of hydrazone groups is 1. The third kappa shape index (κ3) is 3.03. The van der Waals surface area contributed by atoms with Crippen LogP contribution in [-0.4, -0.2) is 11.7 Å². The highest BCUT2D eigenvalue weighted by molar-refractivity contribution is 7.12. The molecule has 5 nitrogen and oxygen atoms in total. The van der Waals surface area contributed by atoms with Gasteiger partial charge in [-0.3, -0.25) is 5.41 Å². The van der Waals surface area contributed by atoms with Gasteiger partial charge < -0.3 is 10.2 Å². The van der Waals surface area contributed by atoms with Crippen LogP contribution < -0.4 is 11.2 Å². The smallest absolute Gasteiger partial charge is 0.206 e. The van der Waals surface area contributed by atoms with Crippen LogP contribution in [0.3, 0.4) is 0 Å². The Labute approximate surface area is 139 Å². The zero-order valence-corrected chi connectivity index (χ0v) is 14.1. The molecule has 0 fully saturated rings. The summed E-state index contributed by atoms with van der Waals surface area (Å²) < 4.78 is 5.61. The van der Waals surface area contributed by atoms with Crippen LogP contribution in [0.2, 0.25) is 0 Å². The second kappa shape index (κ2) is 6.54. The van der Waals surface area contributed by atoms with Gasteiger partial charge in [0.2, 0.25) is 5.96 Å². The van der Waals surface area contributed by atoms with Gasteiger partial charge in [0.25, 0.3) is 0 Å². The number of fused-ring (bicyclic) bond motifs is 1. The summed E-state index contributed by atoms with van der Waals surface area (Å²) >= 11 is 1.82. The monoisotopic (exact) mass is 338 g/mol. The van der Waals surface area contributed by atoms with Gasteiger partial charge in [-0.25, -0.2) is 5.43 Å². The second-order valence-corrected chi connectivity index (χ2v) is 6.65. The molecule has 2 aromatic rings. The van der Waals surface area contributed by atoms with Crippen molar-refractivity contribution in [3.63, 3.8) is 0 Å². The van der Waals surface area contributed by atoms with E-state index in [4.69, 9.17) is 15.6 Å². The molecule has 0 amide bonds. The highest BCUT2D eigenvalue weighted by Crippen LogP contribution is 2.40. The number of rotatable bonds is 2. The summed E-state index contributed by atoms with van der Waals surface area (Å²) in [5.41, 5.74) is 9.82. The summed E-state index contributed by atoms with van der Waals surface area (Å²) in [4.78, 5) is 2.65. The number of furan rings is 1. The van der Waals surface area contributed by atoms with E-state index >= 15 is 0 Å². The Bertz CT molecular complexity index is 706. The molecule has 2 aromatic heterocycles. The molecule has 22 heavy (non-hydrogen) atoms. The normalized spacial score (nSPS) is 22.0. The van der Waals surface area contributed by atoms with Gasteiger partial charge in [0.05, 0.1) is 12.0 Å². The Morgan fingerprint density at radius 1 is 1.45 bits per heavy atom. The second-order valence-electron chi connectivity index (χ2n) is 5.33. The topological polar surface area (TPSA) is 87.4 Å². The number of halogens is 1. The molecule has 7 heteroatoms. The number of guanidine groups is 1. The standard InChI is InChI=1S/C15H18N4OS.ClH/c1-8-3-4-13(21-8)11-7-12-10(5-6-20-12)14(9(11)2)18-19-15(16)17;/h3-6,9,11H,7H2,1-2H3,(H4,16,17,19);1H/b18-14+;. The number of hydrogen-bond acceptors (Lipinski definition) is 4. The van der Waals surface area contributed by atoms with Crippen molar-refractivity contribution >= 4 is 35.4 Å². The van der Waals surface area contributed by atoms with E-state index in [1.165, 1.54) is 9.75 Å². The Morgan fingerprint density at radius 3 is 2.86 bits per heavy atom. The summed E-state index contributed by atoms with van der Waals surface area (Å²) in [5, 5.41) is 11.6. The Kier molecular flexibility index (Phi) is 4.93. The Balaban J connectivity index is 0.00000176. The molecule has 4 N–H and O–H groups in total. The van der Waals surface area contributed by atoms with Crippen molar-refractivity contribution < 1.29 is 4.42 Å². The molecule has 118 valence electrons. The lowest BCUT2D eigenvalue weighted by molar-refractivity contribution is 0.451. The van der Waals surface area contributed by atoms with Gasteiger partial charge >= 0.3 is 0 Å². The third-order valence-corrected chi connectivity index (χ3v) is 5.02. The van der Waals surface area contributed by atoms with Crippen molar-refractivity contribution in [3.8, 4) is 0 Å². The number of hydrogen-bond donors (Lipinski definition) is 3. The molecule has 0 aromatic carbocycles. The largest absolute Gasteiger partial charge is 0.469 e. The fourth-order valence-electron chi connectivity index (χ4n) is 2.82. The van der Waals surface area contributed by atoms with Crippen molar-refractivity contribution in [1.82, 2.24) is 5.43 Å². The summed E-state index contributed by atoms with van der Waals surface area (Å²) in [6, 6.07) is 6.27. The quantitative estimate of drug-likeness (QED) is 0.446. The maximum Gasteiger partial charge on any atom is 0.206 e. The highest BCUT2D eigenvalue weighted by Gasteiger charge is 2.34.